The van der Waals surface area contributed by atoms with Crippen molar-refractivity contribution in [3.05, 3.63) is 28.9 Å². The number of nitrogens with zero attached hydrogens (tertiary/aromatic N) is 6. The highest BCUT2D eigenvalue weighted by Crippen LogP contribution is 2.16. The number of carboxylic acids is 1. The van der Waals surface area contributed by atoms with Crippen molar-refractivity contribution in [3.63, 3.8) is 0 Å². The first kappa shape index (κ1) is 13.2. The molecule has 108 valence electrons. The summed E-state index contributed by atoms with van der Waals surface area (Å²) in [5.41, 5.74) is 0.150. The molecule has 3 heterocycles. The number of aromatic nitrogens is 6. The molecule has 3 aromatic heterocycles. The number of aliphatic carboxylic acids is 1. The van der Waals surface area contributed by atoms with E-state index in [0.717, 1.165) is 4.57 Å². The van der Waals surface area contributed by atoms with Gasteiger partial charge in [0.2, 0.25) is 0 Å². The summed E-state index contributed by atoms with van der Waals surface area (Å²) in [4.78, 5) is 27.9. The summed E-state index contributed by atoms with van der Waals surface area (Å²) in [5.74, 6) is -1.37. The quantitative estimate of drug-likeness (QED) is 0.727. The number of carboxylic acid groups (broad SMARTS) is 1. The van der Waals surface area contributed by atoms with E-state index in [9.17, 15) is 14.7 Å². The van der Waals surface area contributed by atoms with Gasteiger partial charge in [-0.1, -0.05) is 13.8 Å². The smallest absolute Gasteiger partial charge is 0.327 e. The minimum absolute atomic E-state index is 0.0133. The average Bonchev–Trinajstić information content (AvgIpc) is 2.89. The van der Waals surface area contributed by atoms with Crippen molar-refractivity contribution >= 4 is 22.8 Å². The van der Waals surface area contributed by atoms with Crippen molar-refractivity contribution in [2.24, 2.45) is 5.92 Å². The number of carbonyl (C=O) groups is 1. The van der Waals surface area contributed by atoms with Crippen molar-refractivity contribution in [3.8, 4) is 0 Å². The van der Waals surface area contributed by atoms with E-state index in [1.54, 1.807) is 19.9 Å². The van der Waals surface area contributed by atoms with E-state index in [1.165, 1.54) is 17.0 Å². The van der Waals surface area contributed by atoms with Gasteiger partial charge < -0.3 is 5.11 Å². The zero-order chi connectivity index (χ0) is 15.1. The fourth-order valence-corrected chi connectivity index (χ4v) is 2.25. The second-order valence-corrected chi connectivity index (χ2v) is 4.96. The molecule has 0 fully saturated rings. The van der Waals surface area contributed by atoms with Crippen LogP contribution in [0.2, 0.25) is 0 Å². The molecule has 0 spiro atoms. The van der Waals surface area contributed by atoms with E-state index in [1.807, 2.05) is 0 Å². The molecule has 1 atom stereocenters. The number of hydrogen-bond donors (Lipinski definition) is 1. The Hall–Kier alpha value is -2.84. The Balaban J connectivity index is 2.32. The van der Waals surface area contributed by atoms with Crippen molar-refractivity contribution < 1.29 is 9.90 Å². The van der Waals surface area contributed by atoms with E-state index < -0.39 is 17.6 Å². The molecule has 0 aromatic carbocycles. The van der Waals surface area contributed by atoms with Crippen molar-refractivity contribution in [2.75, 3.05) is 0 Å². The Bertz CT molecular complexity index is 897. The van der Waals surface area contributed by atoms with Gasteiger partial charge in [-0.15, -0.1) is 10.2 Å². The zero-order valence-electron chi connectivity index (χ0n) is 11.3. The number of hydrogen-bond acceptors (Lipinski definition) is 6. The Morgan fingerprint density at radius 2 is 2.10 bits per heavy atom. The summed E-state index contributed by atoms with van der Waals surface area (Å²) in [6.45, 7) is 3.44. The normalized spacial score (nSPS) is 13.1. The van der Waals surface area contributed by atoms with Gasteiger partial charge in [0, 0.05) is 6.07 Å². The molecule has 3 aromatic rings. The first-order valence-corrected chi connectivity index (χ1v) is 6.31. The van der Waals surface area contributed by atoms with E-state index in [0.29, 0.717) is 5.65 Å². The van der Waals surface area contributed by atoms with Crippen LogP contribution in [0.1, 0.15) is 19.9 Å². The van der Waals surface area contributed by atoms with Crippen LogP contribution in [0.3, 0.4) is 0 Å². The predicted molar refractivity (Wildman–Crippen MR) is 71.9 cm³/mol. The summed E-state index contributed by atoms with van der Waals surface area (Å²) in [7, 11) is 0. The zero-order valence-corrected chi connectivity index (χ0v) is 11.3. The third kappa shape index (κ3) is 1.93. The molecule has 0 saturated heterocycles. The summed E-state index contributed by atoms with van der Waals surface area (Å²) < 4.78 is 2.46. The predicted octanol–water partition coefficient (Wildman–Crippen LogP) is 0.116. The lowest BCUT2D eigenvalue weighted by Crippen LogP contribution is -2.34. The van der Waals surface area contributed by atoms with Crippen LogP contribution in [-0.4, -0.2) is 40.4 Å². The standard InChI is InChI=1S/C12H12N6O3/c1-6(2)9(12(20)21)17-5-13-10-8(11(17)19)16-15-7-3-4-14-18(7)10/h3-6,9H,1-2H3,(H,20,21). The lowest BCUT2D eigenvalue weighted by molar-refractivity contribution is -0.142. The Morgan fingerprint density at radius 1 is 1.33 bits per heavy atom. The maximum atomic E-state index is 12.5. The lowest BCUT2D eigenvalue weighted by atomic mass is 10.0. The van der Waals surface area contributed by atoms with Crippen molar-refractivity contribution in [2.45, 2.75) is 19.9 Å². The van der Waals surface area contributed by atoms with Crippen LogP contribution in [0.25, 0.3) is 16.8 Å². The van der Waals surface area contributed by atoms with Gasteiger partial charge in [0.1, 0.15) is 12.4 Å². The number of fused-ring (bicyclic) bond motifs is 3. The minimum Gasteiger partial charge on any atom is -0.480 e. The van der Waals surface area contributed by atoms with Gasteiger partial charge >= 0.3 is 5.97 Å². The molecule has 0 amide bonds. The molecule has 0 radical (unpaired) electrons. The van der Waals surface area contributed by atoms with Gasteiger partial charge in [0.25, 0.3) is 5.56 Å². The second-order valence-electron chi connectivity index (χ2n) is 4.96. The highest BCUT2D eigenvalue weighted by atomic mass is 16.4. The molecule has 0 bridgehead atoms. The molecular weight excluding hydrogens is 276 g/mol. The van der Waals surface area contributed by atoms with Crippen LogP contribution in [0.15, 0.2) is 23.4 Å². The third-order valence-corrected chi connectivity index (χ3v) is 3.21. The van der Waals surface area contributed by atoms with Crippen LogP contribution in [0.4, 0.5) is 0 Å². The van der Waals surface area contributed by atoms with E-state index in [4.69, 9.17) is 0 Å². The molecule has 0 saturated carbocycles. The van der Waals surface area contributed by atoms with Gasteiger partial charge in [-0.05, 0) is 5.92 Å². The lowest BCUT2D eigenvalue weighted by Gasteiger charge is -2.18. The summed E-state index contributed by atoms with van der Waals surface area (Å²) in [5, 5.41) is 21.0. The van der Waals surface area contributed by atoms with Gasteiger partial charge in [-0.3, -0.25) is 9.36 Å². The highest BCUT2D eigenvalue weighted by Gasteiger charge is 2.26. The highest BCUT2D eigenvalue weighted by molar-refractivity contribution is 5.74. The largest absolute Gasteiger partial charge is 0.480 e. The topological polar surface area (TPSA) is 115 Å². The van der Waals surface area contributed by atoms with Crippen molar-refractivity contribution in [1.82, 2.24) is 29.4 Å². The molecule has 0 aliphatic carbocycles. The van der Waals surface area contributed by atoms with Gasteiger partial charge in [-0.2, -0.15) is 9.61 Å². The maximum absolute atomic E-state index is 12.5. The molecule has 1 unspecified atom stereocenters. The first-order chi connectivity index (χ1) is 10.0. The van der Waals surface area contributed by atoms with Crippen LogP contribution < -0.4 is 5.56 Å². The SMILES string of the molecule is CC(C)C(C(=O)O)n1cnc2c(nnc3ccnn32)c1=O. The fourth-order valence-electron chi connectivity index (χ4n) is 2.25. The molecule has 3 rings (SSSR count). The molecule has 0 aliphatic heterocycles. The molecule has 21 heavy (non-hydrogen) atoms. The average molecular weight is 288 g/mol. The van der Waals surface area contributed by atoms with Gasteiger partial charge in [0.15, 0.2) is 16.8 Å². The van der Waals surface area contributed by atoms with Crippen LogP contribution in [-0.2, 0) is 4.79 Å². The number of rotatable bonds is 3. The molecular formula is C12H12N6O3. The van der Waals surface area contributed by atoms with E-state index in [2.05, 4.69) is 20.3 Å². The minimum atomic E-state index is -1.10. The molecule has 9 heteroatoms. The summed E-state index contributed by atoms with van der Waals surface area (Å²) >= 11 is 0. The van der Waals surface area contributed by atoms with Crippen LogP contribution >= 0.6 is 0 Å². The Labute approximate surface area is 117 Å². The first-order valence-electron chi connectivity index (χ1n) is 6.31. The molecule has 9 nitrogen and oxygen atoms in total. The monoisotopic (exact) mass is 288 g/mol. The van der Waals surface area contributed by atoms with Gasteiger partial charge in [-0.25, -0.2) is 9.78 Å². The third-order valence-electron chi connectivity index (χ3n) is 3.21. The Morgan fingerprint density at radius 3 is 2.76 bits per heavy atom. The summed E-state index contributed by atoms with van der Waals surface area (Å²) in [6, 6.07) is 0.623. The molecule has 0 aliphatic rings. The fraction of sp³-hybridized carbons (Fsp3) is 0.333. The van der Waals surface area contributed by atoms with E-state index >= 15 is 0 Å². The van der Waals surface area contributed by atoms with Crippen molar-refractivity contribution in [1.29, 1.82) is 0 Å². The van der Waals surface area contributed by atoms with Crippen LogP contribution in [0.5, 0.6) is 0 Å². The van der Waals surface area contributed by atoms with Crippen LogP contribution in [0, 0.1) is 5.92 Å². The second kappa shape index (κ2) is 4.62. The Kier molecular flexibility index (Phi) is 2.89. The summed E-state index contributed by atoms with van der Waals surface area (Å²) in [6.07, 6.45) is 2.73. The van der Waals surface area contributed by atoms with Gasteiger partial charge in [0.05, 0.1) is 6.20 Å². The van der Waals surface area contributed by atoms with E-state index in [-0.39, 0.29) is 17.1 Å². The maximum Gasteiger partial charge on any atom is 0.327 e. The molecule has 1 N–H and O–H groups in total.